The number of anilines is 1. The van der Waals surface area contributed by atoms with E-state index in [4.69, 9.17) is 32.7 Å². The summed E-state index contributed by atoms with van der Waals surface area (Å²) >= 11 is 12.5. The molecular weight excluding hydrogens is 471 g/mol. The van der Waals surface area contributed by atoms with E-state index in [1.807, 2.05) is 20.8 Å². The molecule has 1 unspecified atom stereocenters. The molecule has 1 fully saturated rings. The van der Waals surface area contributed by atoms with E-state index in [9.17, 15) is 14.4 Å². The molecule has 1 aromatic rings. The largest absolute Gasteiger partial charge is 0.489 e. The van der Waals surface area contributed by atoms with E-state index in [1.165, 1.54) is 0 Å². The van der Waals surface area contributed by atoms with Crippen molar-refractivity contribution in [1.29, 1.82) is 0 Å². The smallest absolute Gasteiger partial charge is 0.410 e. The minimum Gasteiger partial charge on any atom is -0.489 e. The molecule has 0 aromatic carbocycles. The first-order valence-electron chi connectivity index (χ1n) is 10.8. The van der Waals surface area contributed by atoms with Gasteiger partial charge >= 0.3 is 6.09 Å². The van der Waals surface area contributed by atoms with Crippen molar-refractivity contribution >= 4 is 46.9 Å². The van der Waals surface area contributed by atoms with Gasteiger partial charge in [0.15, 0.2) is 16.7 Å². The van der Waals surface area contributed by atoms with Gasteiger partial charge in [-0.2, -0.15) is 0 Å². The third kappa shape index (κ3) is 6.00. The van der Waals surface area contributed by atoms with Crippen molar-refractivity contribution in [3.63, 3.8) is 0 Å². The zero-order chi connectivity index (χ0) is 24.7. The first kappa shape index (κ1) is 25.4. The summed E-state index contributed by atoms with van der Waals surface area (Å²) in [4.78, 5) is 46.0. The Morgan fingerprint density at radius 1 is 1.18 bits per heavy atom. The summed E-state index contributed by atoms with van der Waals surface area (Å²) in [6.45, 7) is 12.1. The third-order valence-electron chi connectivity index (χ3n) is 5.03. The number of piperazine rings is 1. The molecule has 2 aliphatic rings. The molecule has 1 aromatic heterocycles. The predicted octanol–water partition coefficient (Wildman–Crippen LogP) is 4.22. The number of amides is 3. The standard InChI is InChI=1S/C22H30Cl2N4O5/c1-21(2,3)9-13(29)25-18-14-16(15(23)17(24)26-18)32-11-12-10-27(7-8-28(12)19(14)30)20(31)33-22(4,5)6/h12H,7-11H2,1-6H3,(H,25,26,29). The monoisotopic (exact) mass is 500 g/mol. The van der Waals surface area contributed by atoms with Crippen molar-refractivity contribution in [3.8, 4) is 5.75 Å². The number of hydrogen-bond acceptors (Lipinski definition) is 6. The Bertz CT molecular complexity index is 971. The zero-order valence-electron chi connectivity index (χ0n) is 19.8. The van der Waals surface area contributed by atoms with Crippen molar-refractivity contribution < 1.29 is 23.9 Å². The molecule has 11 heteroatoms. The predicted molar refractivity (Wildman–Crippen MR) is 125 cm³/mol. The van der Waals surface area contributed by atoms with Crippen LogP contribution < -0.4 is 10.1 Å². The number of ether oxygens (including phenoxy) is 2. The number of aromatic nitrogens is 1. The number of carbonyl (C=O) groups excluding carboxylic acids is 3. The average Bonchev–Trinajstić information content (AvgIpc) is 2.80. The highest BCUT2D eigenvalue weighted by molar-refractivity contribution is 6.42. The van der Waals surface area contributed by atoms with Gasteiger partial charge in [0.2, 0.25) is 5.91 Å². The summed E-state index contributed by atoms with van der Waals surface area (Å²) in [6.07, 6.45) is -0.232. The SMILES string of the molecule is CC(C)(C)CC(=O)Nc1nc(Cl)c(Cl)c2c1C(=O)N1CCN(C(=O)OC(C)(C)C)CC1CO2. The highest BCUT2D eigenvalue weighted by Gasteiger charge is 2.40. The molecule has 0 bridgehead atoms. The van der Waals surface area contributed by atoms with Crippen LogP contribution in [-0.4, -0.2) is 70.6 Å². The summed E-state index contributed by atoms with van der Waals surface area (Å²) < 4.78 is 11.4. The Morgan fingerprint density at radius 2 is 1.85 bits per heavy atom. The van der Waals surface area contributed by atoms with Gasteiger partial charge in [0.05, 0.1) is 6.04 Å². The second kappa shape index (κ2) is 9.18. The number of pyridine rings is 1. The summed E-state index contributed by atoms with van der Waals surface area (Å²) in [5.41, 5.74) is -0.836. The molecule has 3 rings (SSSR count). The molecule has 182 valence electrons. The van der Waals surface area contributed by atoms with Crippen molar-refractivity contribution in [3.05, 3.63) is 15.7 Å². The minimum absolute atomic E-state index is 0.00215. The van der Waals surface area contributed by atoms with E-state index >= 15 is 0 Å². The Hall–Kier alpha value is -2.26. The van der Waals surface area contributed by atoms with Crippen molar-refractivity contribution in [2.75, 3.05) is 31.6 Å². The average molecular weight is 501 g/mol. The zero-order valence-corrected chi connectivity index (χ0v) is 21.3. The molecule has 1 saturated heterocycles. The molecule has 9 nitrogen and oxygen atoms in total. The molecular formula is C22H30Cl2N4O5. The Balaban J connectivity index is 1.88. The van der Waals surface area contributed by atoms with Gasteiger partial charge in [-0.15, -0.1) is 0 Å². The first-order chi connectivity index (χ1) is 15.2. The molecule has 1 atom stereocenters. The molecule has 0 radical (unpaired) electrons. The number of fused-ring (bicyclic) bond motifs is 2. The molecule has 0 saturated carbocycles. The lowest BCUT2D eigenvalue weighted by molar-refractivity contribution is -0.117. The fraction of sp³-hybridized carbons (Fsp3) is 0.636. The normalized spacial score (nSPS) is 18.7. The summed E-state index contributed by atoms with van der Waals surface area (Å²) in [6, 6.07) is -0.431. The molecule has 2 aliphatic heterocycles. The highest BCUT2D eigenvalue weighted by Crippen LogP contribution is 2.41. The van der Waals surface area contributed by atoms with E-state index in [0.717, 1.165) is 0 Å². The van der Waals surface area contributed by atoms with E-state index in [1.54, 1.807) is 30.6 Å². The van der Waals surface area contributed by atoms with Crippen LogP contribution in [0.4, 0.5) is 10.6 Å². The first-order valence-corrected chi connectivity index (χ1v) is 11.5. The van der Waals surface area contributed by atoms with Gasteiger partial charge in [-0.05, 0) is 26.2 Å². The van der Waals surface area contributed by atoms with Gasteiger partial charge in [-0.3, -0.25) is 9.59 Å². The van der Waals surface area contributed by atoms with Crippen LogP contribution in [0.2, 0.25) is 10.2 Å². The maximum absolute atomic E-state index is 13.5. The number of hydrogen-bond donors (Lipinski definition) is 1. The van der Waals surface area contributed by atoms with Crippen LogP contribution in [0.1, 0.15) is 58.3 Å². The van der Waals surface area contributed by atoms with Crippen LogP contribution in [0.5, 0.6) is 5.75 Å². The van der Waals surface area contributed by atoms with Crippen LogP contribution in [-0.2, 0) is 9.53 Å². The minimum atomic E-state index is -0.629. The summed E-state index contributed by atoms with van der Waals surface area (Å²) in [7, 11) is 0. The molecule has 1 N–H and O–H groups in total. The Morgan fingerprint density at radius 3 is 2.45 bits per heavy atom. The van der Waals surface area contributed by atoms with Crippen molar-refractivity contribution in [2.24, 2.45) is 5.41 Å². The molecule has 3 amide bonds. The van der Waals surface area contributed by atoms with E-state index in [-0.39, 0.29) is 64.7 Å². The van der Waals surface area contributed by atoms with Crippen molar-refractivity contribution in [1.82, 2.24) is 14.8 Å². The molecule has 0 aliphatic carbocycles. The van der Waals surface area contributed by atoms with Crippen molar-refractivity contribution in [2.45, 2.75) is 59.6 Å². The van der Waals surface area contributed by atoms with Gasteiger partial charge in [0, 0.05) is 26.1 Å². The number of rotatable bonds is 2. The highest BCUT2D eigenvalue weighted by atomic mass is 35.5. The lowest BCUT2D eigenvalue weighted by Gasteiger charge is -2.40. The third-order valence-corrected chi connectivity index (χ3v) is 5.75. The number of halogens is 2. The van der Waals surface area contributed by atoms with Gasteiger partial charge in [-0.1, -0.05) is 44.0 Å². The quantitative estimate of drug-likeness (QED) is 0.610. The van der Waals surface area contributed by atoms with Gasteiger partial charge in [0.25, 0.3) is 5.91 Å². The van der Waals surface area contributed by atoms with Crippen LogP contribution >= 0.6 is 23.2 Å². The topological polar surface area (TPSA) is 101 Å². The maximum Gasteiger partial charge on any atom is 0.410 e. The van der Waals surface area contributed by atoms with E-state index in [0.29, 0.717) is 6.54 Å². The fourth-order valence-corrected chi connectivity index (χ4v) is 4.04. The van der Waals surface area contributed by atoms with Crippen LogP contribution in [0.15, 0.2) is 0 Å². The second-order valence-corrected chi connectivity index (χ2v) is 11.2. The van der Waals surface area contributed by atoms with Gasteiger partial charge < -0.3 is 24.6 Å². The van der Waals surface area contributed by atoms with Crippen LogP contribution in [0.25, 0.3) is 0 Å². The summed E-state index contributed by atoms with van der Waals surface area (Å²) in [5.74, 6) is -0.618. The van der Waals surface area contributed by atoms with E-state index in [2.05, 4.69) is 10.3 Å². The summed E-state index contributed by atoms with van der Waals surface area (Å²) in [5, 5.41) is 2.61. The van der Waals surface area contributed by atoms with E-state index < -0.39 is 23.6 Å². The van der Waals surface area contributed by atoms with Crippen LogP contribution in [0, 0.1) is 5.41 Å². The Labute approximate surface area is 203 Å². The molecule has 0 spiro atoms. The number of nitrogens with one attached hydrogen (secondary N) is 1. The van der Waals surface area contributed by atoms with Crippen LogP contribution in [0.3, 0.4) is 0 Å². The molecule has 3 heterocycles. The lowest BCUT2D eigenvalue weighted by atomic mass is 9.92. The van der Waals surface area contributed by atoms with Gasteiger partial charge in [-0.25, -0.2) is 9.78 Å². The second-order valence-electron chi connectivity index (χ2n) is 10.4. The maximum atomic E-state index is 13.5. The Kier molecular flexibility index (Phi) is 7.05. The fourth-order valence-electron chi connectivity index (χ4n) is 3.68. The number of carbonyl (C=O) groups is 3. The number of nitrogens with zero attached hydrogens (tertiary/aromatic N) is 3. The van der Waals surface area contributed by atoms with Gasteiger partial charge in [0.1, 0.15) is 22.8 Å². The lowest BCUT2D eigenvalue weighted by Crippen LogP contribution is -2.58. The molecule has 33 heavy (non-hydrogen) atoms.